The number of ether oxygens (including phenoxy) is 1. The molecule has 0 bridgehead atoms. The lowest BCUT2D eigenvalue weighted by molar-refractivity contribution is -0.0594. The highest BCUT2D eigenvalue weighted by Gasteiger charge is 2.59. The Morgan fingerprint density at radius 2 is 1.86 bits per heavy atom. The van der Waals surface area contributed by atoms with E-state index < -0.39 is 0 Å². The monoisotopic (exact) mass is 524 g/mol. The van der Waals surface area contributed by atoms with Gasteiger partial charge in [0.15, 0.2) is 0 Å². The smallest absolute Gasteiger partial charge is 0.338 e. The molecule has 3 heteroatoms. The van der Waals surface area contributed by atoms with Crippen molar-refractivity contribution in [3.8, 4) is 0 Å². The van der Waals surface area contributed by atoms with E-state index >= 15 is 0 Å². The second kappa shape index (κ2) is 10.7. The molecule has 0 unspecified atom stereocenters. The van der Waals surface area contributed by atoms with Crippen LogP contribution in [0.3, 0.4) is 0 Å². The normalized spacial score (nSPS) is 37.8. The van der Waals surface area contributed by atoms with Gasteiger partial charge in [-0.1, -0.05) is 83.2 Å². The summed E-state index contributed by atoms with van der Waals surface area (Å²) < 4.78 is 6.00. The SMILES string of the molecule is CC(C)CCC[C@@H](C)[C@H]1CC[C@H]2[C@@H]3CC=C4C[C@H](OC(=O)c5cccc(Cl)c5)CC[C@]4(C)[C@H]3CC[C@]12C. The van der Waals surface area contributed by atoms with Crippen LogP contribution in [0, 0.1) is 46.3 Å². The van der Waals surface area contributed by atoms with Crippen LogP contribution in [0.15, 0.2) is 35.9 Å². The van der Waals surface area contributed by atoms with Crippen molar-refractivity contribution in [1.29, 1.82) is 0 Å². The molecule has 0 aromatic heterocycles. The molecular weight excluding hydrogens is 476 g/mol. The average Bonchev–Trinajstić information content (AvgIpc) is 3.21. The summed E-state index contributed by atoms with van der Waals surface area (Å²) in [6.45, 7) is 12.5. The van der Waals surface area contributed by atoms with Crippen LogP contribution in [0.2, 0.25) is 5.02 Å². The summed E-state index contributed by atoms with van der Waals surface area (Å²) in [5, 5.41) is 0.579. The number of esters is 1. The van der Waals surface area contributed by atoms with Gasteiger partial charge >= 0.3 is 5.97 Å². The minimum atomic E-state index is -0.238. The van der Waals surface area contributed by atoms with Crippen LogP contribution in [0.4, 0.5) is 0 Å². The molecule has 0 heterocycles. The standard InChI is InChI=1S/C34H49ClO2/c1-22(2)8-6-9-23(3)29-14-15-30-28-13-12-25-21-27(37-32(36)24-10-7-11-26(35)20-24)16-18-33(25,4)31(28)17-19-34(29,30)5/h7,10-12,20,22-23,27-31H,6,8-9,13-19,21H2,1-5H3/t23-,27-,28+,29-,30+,31+,33+,34-/m1/s1. The maximum absolute atomic E-state index is 12.8. The van der Waals surface area contributed by atoms with Gasteiger partial charge in [0.25, 0.3) is 0 Å². The first-order valence-corrected chi connectivity index (χ1v) is 15.7. The lowest BCUT2D eigenvalue weighted by Gasteiger charge is -2.58. The van der Waals surface area contributed by atoms with Crippen molar-refractivity contribution in [3.63, 3.8) is 0 Å². The lowest BCUT2D eigenvalue weighted by Crippen LogP contribution is -2.51. The van der Waals surface area contributed by atoms with Crippen molar-refractivity contribution in [3.05, 3.63) is 46.5 Å². The first-order valence-electron chi connectivity index (χ1n) is 15.3. The van der Waals surface area contributed by atoms with Gasteiger partial charge in [-0.15, -0.1) is 0 Å². The summed E-state index contributed by atoms with van der Waals surface area (Å²) in [7, 11) is 0. The van der Waals surface area contributed by atoms with E-state index in [0.29, 0.717) is 16.0 Å². The van der Waals surface area contributed by atoms with E-state index in [1.54, 1.807) is 23.8 Å². The second-order valence-corrected chi connectivity index (χ2v) is 14.5. The van der Waals surface area contributed by atoms with Crippen molar-refractivity contribution in [1.82, 2.24) is 0 Å². The lowest BCUT2D eigenvalue weighted by atomic mass is 9.47. The van der Waals surface area contributed by atoms with Crippen molar-refractivity contribution in [2.24, 2.45) is 46.3 Å². The molecule has 0 spiro atoms. The summed E-state index contributed by atoms with van der Waals surface area (Å²) >= 11 is 6.10. The van der Waals surface area contributed by atoms with Gasteiger partial charge in [0.1, 0.15) is 6.10 Å². The van der Waals surface area contributed by atoms with E-state index in [-0.39, 0.29) is 17.5 Å². The zero-order valence-corrected chi connectivity index (χ0v) is 24.7. The Bertz CT molecular complexity index is 1010. The first kappa shape index (κ1) is 27.3. The number of benzene rings is 1. The molecule has 3 saturated carbocycles. The molecule has 2 nitrogen and oxygen atoms in total. The molecule has 0 saturated heterocycles. The van der Waals surface area contributed by atoms with Gasteiger partial charge in [-0.05, 0) is 109 Å². The zero-order chi connectivity index (χ0) is 26.4. The number of hydrogen-bond donors (Lipinski definition) is 0. The quantitative estimate of drug-likeness (QED) is 0.262. The van der Waals surface area contributed by atoms with Crippen LogP contribution >= 0.6 is 11.6 Å². The fraction of sp³-hybridized carbons (Fsp3) is 0.735. The van der Waals surface area contributed by atoms with E-state index in [9.17, 15) is 4.79 Å². The molecule has 1 aromatic carbocycles. The van der Waals surface area contributed by atoms with Gasteiger partial charge in [0, 0.05) is 11.4 Å². The molecule has 0 amide bonds. The Kier molecular flexibility index (Phi) is 7.90. The van der Waals surface area contributed by atoms with E-state index in [4.69, 9.17) is 16.3 Å². The van der Waals surface area contributed by atoms with E-state index in [2.05, 4.69) is 40.7 Å². The Balaban J connectivity index is 1.25. The highest BCUT2D eigenvalue weighted by atomic mass is 35.5. The van der Waals surface area contributed by atoms with Crippen molar-refractivity contribution in [2.75, 3.05) is 0 Å². The minimum Gasteiger partial charge on any atom is -0.458 e. The molecule has 0 radical (unpaired) electrons. The van der Waals surface area contributed by atoms with Gasteiger partial charge in [-0.2, -0.15) is 0 Å². The number of halogens is 1. The van der Waals surface area contributed by atoms with Gasteiger partial charge in [0.05, 0.1) is 5.56 Å². The Labute approximate surface area is 231 Å². The number of carbonyl (C=O) groups is 1. The molecule has 4 aliphatic carbocycles. The average molecular weight is 525 g/mol. The van der Waals surface area contributed by atoms with Crippen molar-refractivity contribution in [2.45, 2.75) is 111 Å². The Hall–Kier alpha value is -1.28. The van der Waals surface area contributed by atoms with Gasteiger partial charge in [-0.3, -0.25) is 0 Å². The molecule has 3 fully saturated rings. The first-order chi connectivity index (χ1) is 17.6. The minimum absolute atomic E-state index is 0.0150. The van der Waals surface area contributed by atoms with Crippen LogP contribution in [0.5, 0.6) is 0 Å². The van der Waals surface area contributed by atoms with E-state index in [1.165, 1.54) is 51.4 Å². The molecule has 8 atom stereocenters. The summed E-state index contributed by atoms with van der Waals surface area (Å²) in [5.74, 6) is 4.88. The molecule has 0 aliphatic heterocycles. The molecule has 37 heavy (non-hydrogen) atoms. The summed E-state index contributed by atoms with van der Waals surface area (Å²) in [6, 6.07) is 7.12. The fourth-order valence-electron chi connectivity index (χ4n) is 9.59. The molecular formula is C34H49ClO2. The summed E-state index contributed by atoms with van der Waals surface area (Å²) in [6.07, 6.45) is 16.7. The molecule has 0 N–H and O–H groups in total. The third kappa shape index (κ3) is 5.18. The van der Waals surface area contributed by atoms with E-state index in [1.807, 2.05) is 6.07 Å². The number of rotatable bonds is 7. The van der Waals surface area contributed by atoms with Crippen LogP contribution in [-0.2, 0) is 4.74 Å². The van der Waals surface area contributed by atoms with Crippen LogP contribution in [0.25, 0.3) is 0 Å². The second-order valence-electron chi connectivity index (χ2n) is 14.1. The predicted octanol–water partition coefficient (Wildman–Crippen LogP) is 9.91. The Morgan fingerprint density at radius 3 is 2.62 bits per heavy atom. The predicted molar refractivity (Wildman–Crippen MR) is 154 cm³/mol. The number of hydrogen-bond acceptors (Lipinski definition) is 2. The third-order valence-electron chi connectivity index (χ3n) is 11.6. The van der Waals surface area contributed by atoms with Gasteiger partial charge in [0.2, 0.25) is 0 Å². The maximum Gasteiger partial charge on any atom is 0.338 e. The fourth-order valence-corrected chi connectivity index (χ4v) is 9.78. The number of fused-ring (bicyclic) bond motifs is 5. The highest BCUT2D eigenvalue weighted by Crippen LogP contribution is 2.67. The van der Waals surface area contributed by atoms with Crippen molar-refractivity contribution >= 4 is 17.6 Å². The number of carbonyl (C=O) groups excluding carboxylic acids is 1. The molecule has 1 aromatic rings. The van der Waals surface area contributed by atoms with Crippen LogP contribution in [-0.4, -0.2) is 12.1 Å². The molecule has 4 aliphatic rings. The van der Waals surface area contributed by atoms with E-state index in [0.717, 1.165) is 54.8 Å². The van der Waals surface area contributed by atoms with Crippen LogP contribution < -0.4 is 0 Å². The highest BCUT2D eigenvalue weighted by molar-refractivity contribution is 6.30. The maximum atomic E-state index is 12.8. The van der Waals surface area contributed by atoms with Gasteiger partial charge < -0.3 is 4.74 Å². The van der Waals surface area contributed by atoms with Crippen molar-refractivity contribution < 1.29 is 9.53 Å². The summed E-state index contributed by atoms with van der Waals surface area (Å²) in [5.41, 5.74) is 2.94. The zero-order valence-electron chi connectivity index (χ0n) is 23.9. The third-order valence-corrected chi connectivity index (χ3v) is 11.8. The Morgan fingerprint density at radius 1 is 1.05 bits per heavy atom. The largest absolute Gasteiger partial charge is 0.458 e. The summed E-state index contributed by atoms with van der Waals surface area (Å²) in [4.78, 5) is 12.8. The number of allylic oxidation sites excluding steroid dienone is 1. The topological polar surface area (TPSA) is 26.3 Å². The van der Waals surface area contributed by atoms with Crippen LogP contribution in [0.1, 0.15) is 116 Å². The van der Waals surface area contributed by atoms with Gasteiger partial charge in [-0.25, -0.2) is 4.79 Å². The molecule has 5 rings (SSSR count). The molecule has 204 valence electrons.